The molecule has 8 heteroatoms. The maximum absolute atomic E-state index is 12.0. The highest BCUT2D eigenvalue weighted by Crippen LogP contribution is 2.07. The average Bonchev–Trinajstić information content (AvgIpc) is 2.71. The maximum atomic E-state index is 12.0. The summed E-state index contributed by atoms with van der Waals surface area (Å²) in [7, 11) is -0.445. The van der Waals surface area contributed by atoms with Gasteiger partial charge in [-0.05, 0) is 12.5 Å². The predicted octanol–water partition coefficient (Wildman–Crippen LogP) is -0.938. The molecular weight excluding hydrogens is 244 g/mol. The van der Waals surface area contributed by atoms with Crippen molar-refractivity contribution in [3.8, 4) is 0 Å². The second kappa shape index (κ2) is 6.10. The first kappa shape index (κ1) is 14.1. The summed E-state index contributed by atoms with van der Waals surface area (Å²) in [6.07, 6.45) is 1.96. The van der Waals surface area contributed by atoms with Crippen LogP contribution in [0, 0.1) is 0 Å². The van der Waals surface area contributed by atoms with Gasteiger partial charge in [0.1, 0.15) is 0 Å². The molecule has 0 bridgehead atoms. The Morgan fingerprint density at radius 2 is 2.35 bits per heavy atom. The van der Waals surface area contributed by atoms with E-state index in [1.165, 1.54) is 16.9 Å². The summed E-state index contributed by atoms with van der Waals surface area (Å²) in [4.78, 5) is 0. The molecule has 1 heterocycles. The molecule has 0 aliphatic rings. The molecule has 1 aromatic heterocycles. The van der Waals surface area contributed by atoms with Gasteiger partial charge in [0.05, 0.1) is 6.20 Å². The molecule has 0 fully saturated rings. The molecule has 1 rings (SSSR count). The minimum Gasteiger partial charge on any atom is -0.385 e. The summed E-state index contributed by atoms with van der Waals surface area (Å²) in [5, 5.41) is 3.94. The summed E-state index contributed by atoms with van der Waals surface area (Å²) >= 11 is 0. The Balaban J connectivity index is 2.75. The fourth-order valence-electron chi connectivity index (χ4n) is 1.39. The number of nitrogens with one attached hydrogen (secondary N) is 1. The van der Waals surface area contributed by atoms with E-state index in [1.54, 1.807) is 14.2 Å². The van der Waals surface area contributed by atoms with Crippen LogP contribution in [0.1, 0.15) is 6.42 Å². The number of methoxy groups -OCH3 is 1. The van der Waals surface area contributed by atoms with Gasteiger partial charge in [-0.1, -0.05) is 0 Å². The highest BCUT2D eigenvalue weighted by molar-refractivity contribution is 7.89. The van der Waals surface area contributed by atoms with Crippen molar-refractivity contribution in [3.63, 3.8) is 0 Å². The molecule has 17 heavy (non-hydrogen) atoms. The van der Waals surface area contributed by atoms with E-state index in [2.05, 4.69) is 9.82 Å². The van der Waals surface area contributed by atoms with E-state index in [4.69, 9.17) is 10.5 Å². The lowest BCUT2D eigenvalue weighted by atomic mass is 10.2. The normalized spacial score (nSPS) is 13.8. The first-order valence-corrected chi connectivity index (χ1v) is 6.69. The minimum atomic E-state index is -3.57. The van der Waals surface area contributed by atoms with Gasteiger partial charge in [-0.2, -0.15) is 5.10 Å². The van der Waals surface area contributed by atoms with Crippen molar-refractivity contribution >= 4 is 10.0 Å². The standard InChI is InChI=1S/C9H18N4O3S/c1-13-9(3-5-11-13)17(14,15)12-8(7-10)4-6-16-2/h3,5,8,12H,4,6-7,10H2,1-2H3. The van der Waals surface area contributed by atoms with Crippen LogP contribution in [0.15, 0.2) is 17.3 Å². The molecule has 0 aromatic carbocycles. The Bertz CT molecular complexity index is 443. The van der Waals surface area contributed by atoms with Crippen molar-refractivity contribution in [1.82, 2.24) is 14.5 Å². The Morgan fingerprint density at radius 3 is 2.82 bits per heavy atom. The molecule has 1 aromatic rings. The van der Waals surface area contributed by atoms with Gasteiger partial charge in [0, 0.05) is 33.4 Å². The van der Waals surface area contributed by atoms with E-state index < -0.39 is 10.0 Å². The number of nitrogens with zero attached hydrogens (tertiary/aromatic N) is 2. The first-order chi connectivity index (χ1) is 8.01. The Kier molecular flexibility index (Phi) is 5.06. The minimum absolute atomic E-state index is 0.119. The second-order valence-electron chi connectivity index (χ2n) is 3.63. The number of aryl methyl sites for hydroxylation is 1. The Labute approximate surface area is 101 Å². The largest absolute Gasteiger partial charge is 0.385 e. The molecule has 1 unspecified atom stereocenters. The van der Waals surface area contributed by atoms with Gasteiger partial charge in [-0.25, -0.2) is 13.1 Å². The lowest BCUT2D eigenvalue weighted by molar-refractivity contribution is 0.186. The lowest BCUT2D eigenvalue weighted by Crippen LogP contribution is -2.41. The number of hydrogen-bond donors (Lipinski definition) is 2. The van der Waals surface area contributed by atoms with Crippen LogP contribution in [-0.2, 0) is 21.8 Å². The zero-order chi connectivity index (χ0) is 12.9. The van der Waals surface area contributed by atoms with Crippen LogP contribution in [-0.4, -0.2) is 44.5 Å². The molecule has 0 radical (unpaired) electrons. The van der Waals surface area contributed by atoms with Crippen molar-refractivity contribution in [1.29, 1.82) is 0 Å². The lowest BCUT2D eigenvalue weighted by Gasteiger charge is -2.16. The van der Waals surface area contributed by atoms with Crippen molar-refractivity contribution in [2.45, 2.75) is 17.5 Å². The van der Waals surface area contributed by atoms with Crippen LogP contribution in [0.5, 0.6) is 0 Å². The Hall–Kier alpha value is -0.960. The zero-order valence-electron chi connectivity index (χ0n) is 9.96. The number of aromatic nitrogens is 2. The van der Waals surface area contributed by atoms with Gasteiger partial charge in [0.2, 0.25) is 0 Å². The molecular formula is C9H18N4O3S. The maximum Gasteiger partial charge on any atom is 0.257 e. The van der Waals surface area contributed by atoms with Crippen LogP contribution in [0.3, 0.4) is 0 Å². The molecule has 98 valence electrons. The summed E-state index contributed by atoms with van der Waals surface area (Å²) in [5.41, 5.74) is 5.51. The third kappa shape index (κ3) is 3.77. The molecule has 0 aliphatic heterocycles. The van der Waals surface area contributed by atoms with Crippen LogP contribution in [0.2, 0.25) is 0 Å². The summed E-state index contributed by atoms with van der Waals surface area (Å²) in [5.74, 6) is 0. The van der Waals surface area contributed by atoms with E-state index in [1.807, 2.05) is 0 Å². The summed E-state index contributed by atoms with van der Waals surface area (Å²) in [6.45, 7) is 0.677. The highest BCUT2D eigenvalue weighted by atomic mass is 32.2. The molecule has 0 aliphatic carbocycles. The fraction of sp³-hybridized carbons (Fsp3) is 0.667. The third-order valence-electron chi connectivity index (χ3n) is 2.33. The zero-order valence-corrected chi connectivity index (χ0v) is 10.8. The highest BCUT2D eigenvalue weighted by Gasteiger charge is 2.21. The predicted molar refractivity (Wildman–Crippen MR) is 62.9 cm³/mol. The van der Waals surface area contributed by atoms with Crippen LogP contribution >= 0.6 is 0 Å². The molecule has 3 N–H and O–H groups in total. The quantitative estimate of drug-likeness (QED) is 0.661. The van der Waals surface area contributed by atoms with E-state index >= 15 is 0 Å². The van der Waals surface area contributed by atoms with Gasteiger partial charge in [0.15, 0.2) is 5.03 Å². The number of sulfonamides is 1. The first-order valence-electron chi connectivity index (χ1n) is 5.20. The fourth-order valence-corrected chi connectivity index (χ4v) is 2.80. The molecule has 1 atom stereocenters. The smallest absolute Gasteiger partial charge is 0.257 e. The summed E-state index contributed by atoms with van der Waals surface area (Å²) < 4.78 is 32.7. The van der Waals surface area contributed by atoms with Crippen molar-refractivity contribution in [2.75, 3.05) is 20.3 Å². The molecule has 7 nitrogen and oxygen atoms in total. The van der Waals surface area contributed by atoms with E-state index in [-0.39, 0.29) is 17.6 Å². The molecule has 0 saturated carbocycles. The Morgan fingerprint density at radius 1 is 1.65 bits per heavy atom. The van der Waals surface area contributed by atoms with Crippen molar-refractivity contribution < 1.29 is 13.2 Å². The SMILES string of the molecule is COCCC(CN)NS(=O)(=O)c1ccnn1C. The van der Waals surface area contributed by atoms with Crippen LogP contribution in [0.4, 0.5) is 0 Å². The van der Waals surface area contributed by atoms with Crippen LogP contribution < -0.4 is 10.5 Å². The monoisotopic (exact) mass is 262 g/mol. The number of hydrogen-bond acceptors (Lipinski definition) is 5. The van der Waals surface area contributed by atoms with Crippen molar-refractivity contribution in [2.24, 2.45) is 12.8 Å². The number of nitrogens with two attached hydrogens (primary N) is 1. The van der Waals surface area contributed by atoms with Gasteiger partial charge in [-0.15, -0.1) is 0 Å². The second-order valence-corrected chi connectivity index (χ2v) is 5.29. The van der Waals surface area contributed by atoms with Gasteiger partial charge in [-0.3, -0.25) is 4.68 Å². The van der Waals surface area contributed by atoms with E-state index in [9.17, 15) is 8.42 Å². The summed E-state index contributed by atoms with van der Waals surface area (Å²) in [6, 6.07) is 1.10. The van der Waals surface area contributed by atoms with E-state index in [0.717, 1.165) is 0 Å². The average molecular weight is 262 g/mol. The van der Waals surface area contributed by atoms with Gasteiger partial charge >= 0.3 is 0 Å². The van der Waals surface area contributed by atoms with Crippen LogP contribution in [0.25, 0.3) is 0 Å². The number of rotatable bonds is 7. The topological polar surface area (TPSA) is 99.2 Å². The number of ether oxygens (including phenoxy) is 1. The van der Waals surface area contributed by atoms with E-state index in [0.29, 0.717) is 13.0 Å². The molecule has 0 spiro atoms. The third-order valence-corrected chi connectivity index (χ3v) is 3.92. The molecule has 0 saturated heterocycles. The van der Waals surface area contributed by atoms with Crippen molar-refractivity contribution in [3.05, 3.63) is 12.3 Å². The van der Waals surface area contributed by atoms with Gasteiger partial charge < -0.3 is 10.5 Å². The van der Waals surface area contributed by atoms with Gasteiger partial charge in [0.25, 0.3) is 10.0 Å². The molecule has 0 amide bonds.